The lowest BCUT2D eigenvalue weighted by Gasteiger charge is -2.31. The smallest absolute Gasteiger partial charge is 0.319 e. The molecule has 0 bridgehead atoms. The van der Waals surface area contributed by atoms with Gasteiger partial charge in [0.1, 0.15) is 5.75 Å². The highest BCUT2D eigenvalue weighted by atomic mass is 16.5. The Kier molecular flexibility index (Phi) is 8.81. The van der Waals surface area contributed by atoms with Crippen molar-refractivity contribution >= 4 is 17.7 Å². The summed E-state index contributed by atoms with van der Waals surface area (Å²) < 4.78 is 5.26. The number of carbonyl (C=O) groups excluding carboxylic acids is 2. The Labute approximate surface area is 212 Å². The molecule has 0 radical (unpaired) electrons. The van der Waals surface area contributed by atoms with E-state index in [1.165, 1.54) is 6.42 Å². The molecule has 0 spiro atoms. The summed E-state index contributed by atoms with van der Waals surface area (Å²) in [5.41, 5.74) is 2.38. The SMILES string of the molecule is COc1cccc(NC(=O)NC(c2ccccc2)C(NC(=O)NC2CCCCC2)c2ccccc2)c1. The molecule has 3 aromatic rings. The molecule has 1 fully saturated rings. The van der Waals surface area contributed by atoms with Crippen LogP contribution in [0.15, 0.2) is 84.9 Å². The normalized spacial score (nSPS) is 15.2. The second-order valence-electron chi connectivity index (χ2n) is 9.06. The van der Waals surface area contributed by atoms with Gasteiger partial charge in [-0.3, -0.25) is 0 Å². The zero-order valence-corrected chi connectivity index (χ0v) is 20.6. The second-order valence-corrected chi connectivity index (χ2v) is 9.06. The molecule has 1 saturated carbocycles. The Hall–Kier alpha value is -4.00. The number of hydrogen-bond acceptors (Lipinski definition) is 3. The lowest BCUT2D eigenvalue weighted by Crippen LogP contribution is -2.48. The Morgan fingerprint density at radius 1 is 0.750 bits per heavy atom. The van der Waals surface area contributed by atoms with Crippen molar-refractivity contribution in [1.82, 2.24) is 16.0 Å². The van der Waals surface area contributed by atoms with E-state index in [4.69, 9.17) is 4.74 Å². The molecule has 1 aliphatic carbocycles. The van der Waals surface area contributed by atoms with Gasteiger partial charge in [-0.15, -0.1) is 0 Å². The first-order chi connectivity index (χ1) is 17.6. The maximum atomic E-state index is 13.1. The molecule has 36 heavy (non-hydrogen) atoms. The van der Waals surface area contributed by atoms with Gasteiger partial charge in [0.25, 0.3) is 0 Å². The van der Waals surface area contributed by atoms with Gasteiger partial charge < -0.3 is 26.0 Å². The molecule has 7 heteroatoms. The average molecular weight is 487 g/mol. The van der Waals surface area contributed by atoms with E-state index in [0.29, 0.717) is 11.4 Å². The summed E-state index contributed by atoms with van der Waals surface area (Å²) in [5.74, 6) is 0.649. The third-order valence-corrected chi connectivity index (χ3v) is 6.49. The van der Waals surface area contributed by atoms with Gasteiger partial charge in [0, 0.05) is 17.8 Å². The fourth-order valence-corrected chi connectivity index (χ4v) is 4.66. The Balaban J connectivity index is 1.58. The first-order valence-electron chi connectivity index (χ1n) is 12.5. The van der Waals surface area contributed by atoms with Crippen LogP contribution in [0.25, 0.3) is 0 Å². The van der Waals surface area contributed by atoms with Gasteiger partial charge in [-0.2, -0.15) is 0 Å². The molecule has 3 aromatic carbocycles. The predicted octanol–water partition coefficient (Wildman–Crippen LogP) is 5.93. The van der Waals surface area contributed by atoms with Gasteiger partial charge in [0.2, 0.25) is 0 Å². The van der Waals surface area contributed by atoms with E-state index < -0.39 is 12.1 Å². The van der Waals surface area contributed by atoms with Crippen molar-refractivity contribution in [1.29, 1.82) is 0 Å². The van der Waals surface area contributed by atoms with E-state index >= 15 is 0 Å². The van der Waals surface area contributed by atoms with Crippen LogP contribution in [-0.4, -0.2) is 25.2 Å². The van der Waals surface area contributed by atoms with Crippen LogP contribution >= 0.6 is 0 Å². The second kappa shape index (κ2) is 12.6. The maximum absolute atomic E-state index is 13.1. The highest BCUT2D eigenvalue weighted by molar-refractivity contribution is 5.90. The van der Waals surface area contributed by atoms with Crippen LogP contribution in [0.5, 0.6) is 5.75 Å². The number of hydrogen-bond donors (Lipinski definition) is 4. The van der Waals surface area contributed by atoms with Gasteiger partial charge >= 0.3 is 12.1 Å². The van der Waals surface area contributed by atoms with E-state index in [1.54, 1.807) is 19.2 Å². The predicted molar refractivity (Wildman–Crippen MR) is 142 cm³/mol. The van der Waals surface area contributed by atoms with E-state index in [0.717, 1.165) is 36.8 Å². The summed E-state index contributed by atoms with van der Waals surface area (Å²) in [6, 6.07) is 25.1. The highest BCUT2D eigenvalue weighted by Gasteiger charge is 2.29. The van der Waals surface area contributed by atoms with Crippen LogP contribution in [-0.2, 0) is 0 Å². The summed E-state index contributed by atoms with van der Waals surface area (Å²) in [5, 5.41) is 12.3. The molecule has 2 atom stereocenters. The standard InChI is InChI=1S/C29H34N4O3/c1-36-25-19-11-18-24(20-25)31-29(35)33-27(22-14-7-3-8-15-22)26(21-12-5-2-6-13-21)32-28(34)30-23-16-9-4-10-17-23/h2-3,5-8,11-15,18-20,23,26-27H,4,9-10,16-17H2,1H3,(H2,30,32,34)(H2,31,33,35). The number of urea groups is 2. The third kappa shape index (κ3) is 7.01. The number of ether oxygens (including phenoxy) is 1. The molecular weight excluding hydrogens is 452 g/mol. The van der Waals surface area contributed by atoms with E-state index in [2.05, 4.69) is 21.3 Å². The topological polar surface area (TPSA) is 91.5 Å². The van der Waals surface area contributed by atoms with Gasteiger partial charge in [0.15, 0.2) is 0 Å². The lowest BCUT2D eigenvalue weighted by molar-refractivity contribution is 0.222. The molecule has 1 aliphatic rings. The monoisotopic (exact) mass is 486 g/mol. The molecule has 4 rings (SSSR count). The summed E-state index contributed by atoms with van der Waals surface area (Å²) in [7, 11) is 1.58. The number of amides is 4. The quantitative estimate of drug-likeness (QED) is 0.318. The van der Waals surface area contributed by atoms with Crippen molar-refractivity contribution < 1.29 is 14.3 Å². The summed E-state index contributed by atoms with van der Waals surface area (Å²) >= 11 is 0. The first kappa shape index (κ1) is 25.1. The molecule has 0 aromatic heterocycles. The summed E-state index contributed by atoms with van der Waals surface area (Å²) in [4.78, 5) is 26.3. The highest BCUT2D eigenvalue weighted by Crippen LogP contribution is 2.29. The molecule has 7 nitrogen and oxygen atoms in total. The molecule has 4 N–H and O–H groups in total. The van der Waals surface area contributed by atoms with Crippen LogP contribution in [0.2, 0.25) is 0 Å². The molecular formula is C29H34N4O3. The number of anilines is 1. The molecule has 0 aliphatic heterocycles. The van der Waals surface area contributed by atoms with Crippen molar-refractivity contribution in [3.05, 3.63) is 96.1 Å². The molecule has 188 valence electrons. The van der Waals surface area contributed by atoms with Crippen molar-refractivity contribution in [3.63, 3.8) is 0 Å². The van der Waals surface area contributed by atoms with Gasteiger partial charge in [0.05, 0.1) is 19.2 Å². The Morgan fingerprint density at radius 3 is 1.92 bits per heavy atom. The van der Waals surface area contributed by atoms with Crippen LogP contribution in [0.4, 0.5) is 15.3 Å². The largest absolute Gasteiger partial charge is 0.497 e. The zero-order chi connectivity index (χ0) is 25.2. The number of methoxy groups -OCH3 is 1. The number of nitrogens with one attached hydrogen (secondary N) is 4. The van der Waals surface area contributed by atoms with Crippen LogP contribution in [0.1, 0.15) is 55.3 Å². The van der Waals surface area contributed by atoms with Crippen molar-refractivity contribution in [2.75, 3.05) is 12.4 Å². The van der Waals surface area contributed by atoms with Crippen molar-refractivity contribution in [2.45, 2.75) is 50.2 Å². The molecule has 0 heterocycles. The van der Waals surface area contributed by atoms with Crippen LogP contribution in [0, 0.1) is 0 Å². The van der Waals surface area contributed by atoms with Crippen LogP contribution < -0.4 is 26.0 Å². The number of benzene rings is 3. The van der Waals surface area contributed by atoms with Gasteiger partial charge in [-0.1, -0.05) is 86.0 Å². The molecule has 2 unspecified atom stereocenters. The number of rotatable bonds is 8. The Morgan fingerprint density at radius 2 is 1.33 bits per heavy atom. The van der Waals surface area contributed by atoms with E-state index in [1.807, 2.05) is 72.8 Å². The average Bonchev–Trinajstić information content (AvgIpc) is 2.92. The van der Waals surface area contributed by atoms with E-state index in [-0.39, 0.29) is 18.1 Å². The minimum absolute atomic E-state index is 0.176. The zero-order valence-electron chi connectivity index (χ0n) is 20.6. The van der Waals surface area contributed by atoms with E-state index in [9.17, 15) is 9.59 Å². The minimum atomic E-state index is -0.517. The first-order valence-corrected chi connectivity index (χ1v) is 12.5. The number of carbonyl (C=O) groups is 2. The van der Waals surface area contributed by atoms with Crippen molar-refractivity contribution in [2.24, 2.45) is 0 Å². The Bertz CT molecular complexity index is 1120. The molecule has 4 amide bonds. The fraction of sp³-hybridized carbons (Fsp3) is 0.310. The summed E-state index contributed by atoms with van der Waals surface area (Å²) in [6.07, 6.45) is 5.46. The van der Waals surface area contributed by atoms with Gasteiger partial charge in [-0.25, -0.2) is 9.59 Å². The lowest BCUT2D eigenvalue weighted by atomic mass is 9.93. The molecule has 0 saturated heterocycles. The van der Waals surface area contributed by atoms with Crippen molar-refractivity contribution in [3.8, 4) is 5.75 Å². The summed E-state index contributed by atoms with van der Waals surface area (Å²) in [6.45, 7) is 0. The third-order valence-electron chi connectivity index (χ3n) is 6.49. The van der Waals surface area contributed by atoms with Crippen LogP contribution in [0.3, 0.4) is 0 Å². The van der Waals surface area contributed by atoms with Gasteiger partial charge in [-0.05, 0) is 36.1 Å². The fourth-order valence-electron chi connectivity index (χ4n) is 4.66. The maximum Gasteiger partial charge on any atom is 0.319 e. The minimum Gasteiger partial charge on any atom is -0.497 e.